The molecule has 0 radical (unpaired) electrons. The summed E-state index contributed by atoms with van der Waals surface area (Å²) in [5.74, 6) is 2.08. The minimum Gasteiger partial charge on any atom is -0.438 e. The largest absolute Gasteiger partial charge is 0.438 e. The Balaban J connectivity index is 1.49. The number of hydrogen-bond acceptors (Lipinski definition) is 5. The maximum absolute atomic E-state index is 13.3. The van der Waals surface area contributed by atoms with Gasteiger partial charge in [0.15, 0.2) is 0 Å². The van der Waals surface area contributed by atoms with Gasteiger partial charge in [-0.15, -0.1) is 0 Å². The minimum atomic E-state index is 0.0412. The van der Waals surface area contributed by atoms with Crippen molar-refractivity contribution in [2.45, 2.75) is 39.2 Å². The first kappa shape index (κ1) is 20.5. The third-order valence-electron chi connectivity index (χ3n) is 6.27. The fraction of sp³-hybridized carbons (Fsp3) is 0.346. The van der Waals surface area contributed by atoms with E-state index in [0.29, 0.717) is 25.4 Å². The second kappa shape index (κ2) is 8.99. The topological polar surface area (TPSA) is 58.6 Å². The molecule has 1 aromatic heterocycles. The molecule has 3 aromatic rings. The number of carbonyl (C=O) groups excluding carboxylic acids is 1. The average molecular weight is 429 g/mol. The number of fused-ring (bicyclic) bond motifs is 1. The Morgan fingerprint density at radius 1 is 0.906 bits per heavy atom. The van der Waals surface area contributed by atoms with Crippen LogP contribution in [-0.4, -0.2) is 40.4 Å². The molecule has 1 amide bonds. The van der Waals surface area contributed by atoms with Crippen LogP contribution in [0.1, 0.15) is 46.4 Å². The molecule has 2 aromatic carbocycles. The lowest BCUT2D eigenvalue weighted by Gasteiger charge is -2.32. The Kier molecular flexibility index (Phi) is 5.75. The van der Waals surface area contributed by atoms with Crippen LogP contribution in [-0.2, 0) is 13.0 Å². The highest BCUT2D eigenvalue weighted by atomic mass is 16.5. The number of aryl methyl sites for hydroxylation is 1. The van der Waals surface area contributed by atoms with Crippen LogP contribution in [0.2, 0.25) is 0 Å². The number of benzene rings is 2. The zero-order valence-electron chi connectivity index (χ0n) is 18.5. The highest BCUT2D eigenvalue weighted by Gasteiger charge is 2.29. The second-order valence-corrected chi connectivity index (χ2v) is 8.51. The second-order valence-electron chi connectivity index (χ2n) is 8.51. The summed E-state index contributed by atoms with van der Waals surface area (Å²) < 4.78 is 6.25. The Morgan fingerprint density at radius 2 is 1.66 bits per heavy atom. The fourth-order valence-corrected chi connectivity index (χ4v) is 4.45. The number of hydrogen-bond donors (Lipinski definition) is 0. The van der Waals surface area contributed by atoms with Crippen molar-refractivity contribution >= 4 is 11.9 Å². The number of piperidine rings is 1. The Labute approximate surface area is 188 Å². The normalized spacial score (nSPS) is 15.9. The van der Waals surface area contributed by atoms with E-state index in [2.05, 4.69) is 4.90 Å². The molecule has 2 aliphatic heterocycles. The van der Waals surface area contributed by atoms with Gasteiger partial charge in [-0.2, -0.15) is 4.98 Å². The summed E-state index contributed by atoms with van der Waals surface area (Å²) in [6, 6.07) is 17.4. The van der Waals surface area contributed by atoms with E-state index < -0.39 is 0 Å². The first-order valence-corrected chi connectivity index (χ1v) is 11.4. The van der Waals surface area contributed by atoms with Gasteiger partial charge in [0, 0.05) is 31.6 Å². The Morgan fingerprint density at radius 3 is 2.44 bits per heavy atom. The first-order valence-electron chi connectivity index (χ1n) is 11.4. The maximum atomic E-state index is 13.3. The molecule has 0 aliphatic carbocycles. The van der Waals surface area contributed by atoms with Gasteiger partial charge in [-0.3, -0.25) is 4.79 Å². The van der Waals surface area contributed by atoms with E-state index in [4.69, 9.17) is 14.7 Å². The van der Waals surface area contributed by atoms with E-state index in [9.17, 15) is 4.79 Å². The van der Waals surface area contributed by atoms with Crippen molar-refractivity contribution in [2.24, 2.45) is 0 Å². The predicted octanol–water partition coefficient (Wildman–Crippen LogP) is 4.77. The number of para-hydroxylation sites is 1. The zero-order valence-corrected chi connectivity index (χ0v) is 18.5. The van der Waals surface area contributed by atoms with Crippen LogP contribution in [0.4, 0.5) is 5.95 Å². The molecular formula is C26H28N4O2. The van der Waals surface area contributed by atoms with Crippen LogP contribution in [0.25, 0.3) is 0 Å². The number of carbonyl (C=O) groups is 1. The van der Waals surface area contributed by atoms with E-state index in [1.54, 1.807) is 0 Å². The zero-order chi connectivity index (χ0) is 21.9. The van der Waals surface area contributed by atoms with E-state index in [0.717, 1.165) is 60.0 Å². The molecule has 3 heterocycles. The van der Waals surface area contributed by atoms with Gasteiger partial charge in [-0.1, -0.05) is 36.4 Å². The number of rotatable bonds is 4. The average Bonchev–Trinajstić information content (AvgIpc) is 2.85. The lowest BCUT2D eigenvalue weighted by molar-refractivity contribution is 0.0731. The highest BCUT2D eigenvalue weighted by molar-refractivity contribution is 5.95. The van der Waals surface area contributed by atoms with Crippen LogP contribution in [0.15, 0.2) is 54.6 Å². The molecule has 6 heteroatoms. The van der Waals surface area contributed by atoms with Crippen LogP contribution >= 0.6 is 0 Å². The van der Waals surface area contributed by atoms with E-state index >= 15 is 0 Å². The maximum Gasteiger partial charge on any atom is 0.254 e. The summed E-state index contributed by atoms with van der Waals surface area (Å²) in [6.07, 6.45) is 4.27. The quantitative estimate of drug-likeness (QED) is 0.599. The molecule has 0 N–H and O–H groups in total. The number of ether oxygens (including phenoxy) is 1. The summed E-state index contributed by atoms with van der Waals surface area (Å²) >= 11 is 0. The van der Waals surface area contributed by atoms with Gasteiger partial charge in [-0.25, -0.2) is 4.98 Å². The van der Waals surface area contributed by atoms with Gasteiger partial charge >= 0.3 is 0 Å². The molecule has 6 nitrogen and oxygen atoms in total. The SMILES string of the molecule is Cc1ccccc1C(=O)N1CCc2nc(N3CCCCC3)nc(Oc3ccccc3)c2C1. The molecule has 2 aliphatic rings. The van der Waals surface area contributed by atoms with Crippen LogP contribution < -0.4 is 9.64 Å². The van der Waals surface area contributed by atoms with Crippen molar-refractivity contribution in [3.8, 4) is 11.6 Å². The highest BCUT2D eigenvalue weighted by Crippen LogP contribution is 2.32. The van der Waals surface area contributed by atoms with Gasteiger partial charge in [0.2, 0.25) is 11.8 Å². The summed E-state index contributed by atoms with van der Waals surface area (Å²) in [6.45, 7) is 5.01. The van der Waals surface area contributed by atoms with Crippen molar-refractivity contribution in [1.29, 1.82) is 0 Å². The lowest BCUT2D eigenvalue weighted by atomic mass is 10.0. The van der Waals surface area contributed by atoms with Crippen molar-refractivity contribution in [1.82, 2.24) is 14.9 Å². The standard InChI is InChI=1S/C26H28N4O2/c1-19-10-6-7-13-21(19)25(31)30-17-14-23-22(18-30)24(32-20-11-4-2-5-12-20)28-26(27-23)29-15-8-3-9-16-29/h2,4-7,10-13H,3,8-9,14-18H2,1H3. The molecule has 0 spiro atoms. The summed E-state index contributed by atoms with van der Waals surface area (Å²) in [7, 11) is 0. The summed E-state index contributed by atoms with van der Waals surface area (Å²) in [4.78, 5) is 27.2. The van der Waals surface area contributed by atoms with E-state index in [-0.39, 0.29) is 5.91 Å². The number of amides is 1. The first-order chi connectivity index (χ1) is 15.7. The smallest absolute Gasteiger partial charge is 0.254 e. The number of nitrogens with zero attached hydrogens (tertiary/aromatic N) is 4. The minimum absolute atomic E-state index is 0.0412. The number of anilines is 1. The fourth-order valence-electron chi connectivity index (χ4n) is 4.45. The van der Waals surface area contributed by atoms with Crippen molar-refractivity contribution in [3.63, 3.8) is 0 Å². The molecule has 1 fully saturated rings. The van der Waals surface area contributed by atoms with Crippen LogP contribution in [0, 0.1) is 6.92 Å². The molecule has 164 valence electrons. The Hall–Kier alpha value is -3.41. The van der Waals surface area contributed by atoms with Gasteiger partial charge in [0.25, 0.3) is 5.91 Å². The third-order valence-corrected chi connectivity index (χ3v) is 6.27. The third kappa shape index (κ3) is 4.17. The molecule has 0 saturated carbocycles. The molecule has 32 heavy (non-hydrogen) atoms. The monoisotopic (exact) mass is 428 g/mol. The van der Waals surface area contributed by atoms with Crippen molar-refractivity contribution in [3.05, 3.63) is 77.0 Å². The van der Waals surface area contributed by atoms with Crippen molar-refractivity contribution in [2.75, 3.05) is 24.5 Å². The molecule has 0 unspecified atom stereocenters. The predicted molar refractivity (Wildman–Crippen MR) is 124 cm³/mol. The molecule has 0 atom stereocenters. The summed E-state index contributed by atoms with van der Waals surface area (Å²) in [5.41, 5.74) is 3.62. The summed E-state index contributed by atoms with van der Waals surface area (Å²) in [5, 5.41) is 0. The lowest BCUT2D eigenvalue weighted by Crippen LogP contribution is -2.38. The molecule has 0 bridgehead atoms. The van der Waals surface area contributed by atoms with Gasteiger partial charge < -0.3 is 14.5 Å². The van der Waals surface area contributed by atoms with Gasteiger partial charge in [0.1, 0.15) is 5.75 Å². The molecule has 1 saturated heterocycles. The van der Waals surface area contributed by atoms with Gasteiger partial charge in [0.05, 0.1) is 17.8 Å². The molecular weight excluding hydrogens is 400 g/mol. The van der Waals surface area contributed by atoms with E-state index in [1.807, 2.05) is 66.4 Å². The molecule has 5 rings (SSSR count). The Bertz CT molecular complexity index is 1110. The van der Waals surface area contributed by atoms with Crippen LogP contribution in [0.3, 0.4) is 0 Å². The van der Waals surface area contributed by atoms with E-state index in [1.165, 1.54) is 6.42 Å². The van der Waals surface area contributed by atoms with Crippen LogP contribution in [0.5, 0.6) is 11.6 Å². The number of aromatic nitrogens is 2. The van der Waals surface area contributed by atoms with Gasteiger partial charge in [-0.05, 0) is 49.9 Å². The van der Waals surface area contributed by atoms with Crippen molar-refractivity contribution < 1.29 is 9.53 Å².